The minimum absolute atomic E-state index is 0. The molecule has 0 amide bonds. The van der Waals surface area contributed by atoms with Gasteiger partial charge >= 0.3 is 0 Å². The quantitative estimate of drug-likeness (QED) is 0.129. The van der Waals surface area contributed by atoms with Crippen LogP contribution >= 0.6 is 0 Å². The summed E-state index contributed by atoms with van der Waals surface area (Å²) in [6, 6.07) is 25.4. The first-order valence-corrected chi connectivity index (χ1v) is 10.5. The zero-order valence-corrected chi connectivity index (χ0v) is 20.0. The molecule has 0 saturated carbocycles. The number of aromatic hydroxyl groups is 2. The van der Waals surface area contributed by atoms with Crippen LogP contribution in [0.2, 0.25) is 0 Å². The van der Waals surface area contributed by atoms with Crippen LogP contribution in [-0.2, 0) is 17.1 Å². The SMILES string of the molecule is O=[N+]([O-])c1ccc(N=Cc2ccccc2O)cc1.O=[N+]([O-])c1ccc(N=Cc2ccccc2O)cc1.[Cu]. The topological polar surface area (TPSA) is 151 Å². The number of nitrogens with zero attached hydrogens (tertiary/aromatic N) is 4. The van der Waals surface area contributed by atoms with Gasteiger partial charge in [-0.05, 0) is 48.5 Å². The van der Waals surface area contributed by atoms with Crippen molar-refractivity contribution in [2.24, 2.45) is 9.98 Å². The number of nitro groups is 2. The predicted molar refractivity (Wildman–Crippen MR) is 137 cm³/mol. The third-order valence-electron chi connectivity index (χ3n) is 4.70. The largest absolute Gasteiger partial charge is 0.507 e. The van der Waals surface area contributed by atoms with Gasteiger partial charge in [0.05, 0.1) is 21.2 Å². The predicted octanol–water partition coefficient (Wildman–Crippen LogP) is 6.10. The summed E-state index contributed by atoms with van der Waals surface area (Å²) in [5, 5.41) is 40.0. The van der Waals surface area contributed by atoms with Crippen molar-refractivity contribution in [2.45, 2.75) is 0 Å². The molecule has 11 heteroatoms. The van der Waals surface area contributed by atoms with Crippen molar-refractivity contribution in [1.29, 1.82) is 0 Å². The van der Waals surface area contributed by atoms with Gasteiger partial charge < -0.3 is 10.2 Å². The van der Waals surface area contributed by atoms with Gasteiger partial charge in [-0.15, -0.1) is 0 Å². The molecule has 0 aliphatic heterocycles. The van der Waals surface area contributed by atoms with E-state index in [0.717, 1.165) is 0 Å². The van der Waals surface area contributed by atoms with Crippen LogP contribution in [0.1, 0.15) is 11.1 Å². The third-order valence-corrected chi connectivity index (χ3v) is 4.70. The summed E-state index contributed by atoms with van der Waals surface area (Å²) in [6.45, 7) is 0. The maximum Gasteiger partial charge on any atom is 0.269 e. The summed E-state index contributed by atoms with van der Waals surface area (Å²) in [6.07, 6.45) is 3.02. The van der Waals surface area contributed by atoms with Gasteiger partial charge in [0, 0.05) is 64.9 Å². The molecule has 0 heterocycles. The number of benzene rings is 4. The van der Waals surface area contributed by atoms with E-state index >= 15 is 0 Å². The second-order valence-corrected chi connectivity index (χ2v) is 7.18. The number of para-hydroxylation sites is 2. The van der Waals surface area contributed by atoms with Crippen LogP contribution in [-0.4, -0.2) is 32.5 Å². The zero-order chi connectivity index (χ0) is 25.9. The van der Waals surface area contributed by atoms with Crippen molar-refractivity contribution < 1.29 is 37.1 Å². The molecule has 1 radical (unpaired) electrons. The minimum Gasteiger partial charge on any atom is -0.507 e. The Morgan fingerprint density at radius 2 is 0.892 bits per heavy atom. The number of hydrogen-bond acceptors (Lipinski definition) is 8. The maximum absolute atomic E-state index is 10.5. The molecule has 0 aliphatic carbocycles. The van der Waals surface area contributed by atoms with Crippen molar-refractivity contribution in [2.75, 3.05) is 0 Å². The summed E-state index contributed by atoms with van der Waals surface area (Å²) >= 11 is 0. The fourth-order valence-corrected chi connectivity index (χ4v) is 2.80. The molecule has 4 rings (SSSR count). The van der Waals surface area contributed by atoms with E-state index < -0.39 is 9.85 Å². The van der Waals surface area contributed by atoms with E-state index in [4.69, 9.17) is 0 Å². The van der Waals surface area contributed by atoms with E-state index in [2.05, 4.69) is 9.98 Å². The molecule has 37 heavy (non-hydrogen) atoms. The van der Waals surface area contributed by atoms with E-state index in [1.165, 1.54) is 36.7 Å². The molecule has 0 saturated heterocycles. The van der Waals surface area contributed by atoms with Crippen molar-refractivity contribution in [3.05, 3.63) is 128 Å². The first kappa shape index (κ1) is 28.4. The normalized spacial score (nSPS) is 10.4. The third kappa shape index (κ3) is 8.70. The van der Waals surface area contributed by atoms with Crippen molar-refractivity contribution in [3.63, 3.8) is 0 Å². The summed E-state index contributed by atoms with van der Waals surface area (Å²) in [7, 11) is 0. The Labute approximate surface area is 222 Å². The first-order chi connectivity index (χ1) is 17.3. The molecule has 4 aromatic carbocycles. The van der Waals surface area contributed by atoms with Gasteiger partial charge in [0.15, 0.2) is 0 Å². The molecular weight excluding hydrogens is 528 g/mol. The molecule has 0 aliphatic rings. The summed E-state index contributed by atoms with van der Waals surface area (Å²) in [5.41, 5.74) is 2.41. The van der Waals surface area contributed by atoms with Crippen LogP contribution in [0, 0.1) is 20.2 Å². The molecule has 10 nitrogen and oxygen atoms in total. The standard InChI is InChI=1S/2C13H10N2O3.Cu/c2*16-13-4-2-1-3-10(13)9-14-11-5-7-12(8-6-11)15(17)18;/h2*1-9,16H;. The van der Waals surface area contributed by atoms with Gasteiger partial charge in [-0.2, -0.15) is 0 Å². The number of phenols is 2. The Hall–Kier alpha value is -4.86. The number of rotatable bonds is 6. The molecule has 0 bridgehead atoms. The molecule has 4 aromatic rings. The number of aliphatic imine (C=N–C) groups is 2. The van der Waals surface area contributed by atoms with Crippen molar-refractivity contribution >= 4 is 35.2 Å². The summed E-state index contributed by atoms with van der Waals surface area (Å²) in [5.74, 6) is 0.284. The number of phenolic OH excluding ortho intramolecular Hbond substituents is 2. The number of non-ortho nitro benzene ring substituents is 2. The second-order valence-electron chi connectivity index (χ2n) is 7.18. The van der Waals surface area contributed by atoms with Crippen LogP contribution in [0.25, 0.3) is 0 Å². The van der Waals surface area contributed by atoms with E-state index in [0.29, 0.717) is 22.5 Å². The average molecular weight is 548 g/mol. The Kier molecular flexibility index (Phi) is 10.6. The average Bonchev–Trinajstić information content (AvgIpc) is 2.88. The number of hydrogen-bond donors (Lipinski definition) is 2. The Morgan fingerprint density at radius 1 is 0.568 bits per heavy atom. The van der Waals surface area contributed by atoms with Crippen LogP contribution in [0.5, 0.6) is 11.5 Å². The Balaban J connectivity index is 0.000000253. The molecule has 0 fully saturated rings. The summed E-state index contributed by atoms with van der Waals surface area (Å²) < 4.78 is 0. The maximum atomic E-state index is 10.5. The van der Waals surface area contributed by atoms with E-state index in [-0.39, 0.29) is 39.9 Å². The van der Waals surface area contributed by atoms with Gasteiger partial charge in [-0.1, -0.05) is 24.3 Å². The molecule has 0 spiro atoms. The minimum atomic E-state index is -0.462. The molecule has 0 aromatic heterocycles. The zero-order valence-electron chi connectivity index (χ0n) is 19.0. The molecular formula is C26H20CuN4O6. The van der Waals surface area contributed by atoms with Gasteiger partial charge in [0.1, 0.15) is 11.5 Å². The Morgan fingerprint density at radius 3 is 1.19 bits per heavy atom. The fourth-order valence-electron chi connectivity index (χ4n) is 2.80. The smallest absolute Gasteiger partial charge is 0.269 e. The van der Waals surface area contributed by atoms with Crippen LogP contribution in [0.15, 0.2) is 107 Å². The molecule has 0 unspecified atom stereocenters. The number of nitro benzene ring substituents is 2. The van der Waals surface area contributed by atoms with E-state index in [9.17, 15) is 30.4 Å². The van der Waals surface area contributed by atoms with E-state index in [1.807, 2.05) is 0 Å². The van der Waals surface area contributed by atoms with Gasteiger partial charge in [0.2, 0.25) is 0 Å². The van der Waals surface area contributed by atoms with E-state index in [1.54, 1.807) is 72.8 Å². The van der Waals surface area contributed by atoms with Gasteiger partial charge in [-0.25, -0.2) is 0 Å². The van der Waals surface area contributed by atoms with Crippen molar-refractivity contribution in [1.82, 2.24) is 0 Å². The first-order valence-electron chi connectivity index (χ1n) is 10.5. The molecule has 2 N–H and O–H groups in total. The van der Waals surface area contributed by atoms with Gasteiger partial charge in [-0.3, -0.25) is 30.2 Å². The monoisotopic (exact) mass is 547 g/mol. The van der Waals surface area contributed by atoms with Crippen LogP contribution in [0.3, 0.4) is 0 Å². The fraction of sp³-hybridized carbons (Fsp3) is 0. The van der Waals surface area contributed by atoms with Crippen LogP contribution < -0.4 is 0 Å². The Bertz CT molecular complexity index is 1300. The van der Waals surface area contributed by atoms with Crippen molar-refractivity contribution in [3.8, 4) is 11.5 Å². The second kappa shape index (κ2) is 13.9. The molecule has 0 atom stereocenters. The molecule has 191 valence electrons. The summed E-state index contributed by atoms with van der Waals surface area (Å²) in [4.78, 5) is 28.3. The van der Waals surface area contributed by atoms with Crippen LogP contribution in [0.4, 0.5) is 22.7 Å². The van der Waals surface area contributed by atoms with Gasteiger partial charge in [0.25, 0.3) is 11.4 Å².